The number of hydrogen-bond acceptors (Lipinski definition) is 3. The van der Waals surface area contributed by atoms with Crippen LogP contribution in [-0.4, -0.2) is 33.6 Å². The molecule has 1 aromatic rings. The van der Waals surface area contributed by atoms with Crippen molar-refractivity contribution in [2.75, 3.05) is 13.1 Å². The highest BCUT2D eigenvalue weighted by molar-refractivity contribution is 4.92. The molecule has 4 heteroatoms. The molecule has 0 atom stereocenters. The van der Waals surface area contributed by atoms with Gasteiger partial charge in [0.25, 0.3) is 0 Å². The van der Waals surface area contributed by atoms with Crippen molar-refractivity contribution in [2.24, 2.45) is 7.05 Å². The van der Waals surface area contributed by atoms with Crippen molar-refractivity contribution in [1.82, 2.24) is 14.5 Å². The van der Waals surface area contributed by atoms with Gasteiger partial charge in [0.05, 0.1) is 6.07 Å². The van der Waals surface area contributed by atoms with Gasteiger partial charge in [-0.15, -0.1) is 0 Å². The lowest BCUT2D eigenvalue weighted by molar-refractivity contribution is 0.227. The standard InChI is InChI=1S/C12H20N4/c1-11(2)16(8-4-6-13)9-5-12-14-7-10-15(12)3/h7,10-11H,4-5,8-9H2,1-3H3. The fraction of sp³-hybridized carbons (Fsp3) is 0.667. The zero-order chi connectivity index (χ0) is 12.0. The smallest absolute Gasteiger partial charge is 0.109 e. The van der Waals surface area contributed by atoms with Crippen molar-refractivity contribution in [3.63, 3.8) is 0 Å². The van der Waals surface area contributed by atoms with Gasteiger partial charge in [0.2, 0.25) is 0 Å². The Morgan fingerprint density at radius 3 is 2.75 bits per heavy atom. The van der Waals surface area contributed by atoms with E-state index in [4.69, 9.17) is 5.26 Å². The monoisotopic (exact) mass is 220 g/mol. The average Bonchev–Trinajstić information content (AvgIpc) is 2.64. The molecule has 0 amide bonds. The first kappa shape index (κ1) is 12.7. The molecule has 0 saturated carbocycles. The lowest BCUT2D eigenvalue weighted by Crippen LogP contribution is -2.34. The Morgan fingerprint density at radius 1 is 1.50 bits per heavy atom. The summed E-state index contributed by atoms with van der Waals surface area (Å²) in [5.74, 6) is 1.10. The van der Waals surface area contributed by atoms with Crippen molar-refractivity contribution in [2.45, 2.75) is 32.7 Å². The van der Waals surface area contributed by atoms with Crippen molar-refractivity contribution >= 4 is 0 Å². The molecule has 16 heavy (non-hydrogen) atoms. The molecule has 0 aliphatic heterocycles. The van der Waals surface area contributed by atoms with E-state index in [1.807, 2.05) is 24.0 Å². The van der Waals surface area contributed by atoms with Crippen LogP contribution in [0.2, 0.25) is 0 Å². The zero-order valence-electron chi connectivity index (χ0n) is 10.3. The van der Waals surface area contributed by atoms with Crippen molar-refractivity contribution < 1.29 is 0 Å². The first-order chi connectivity index (χ1) is 7.65. The predicted octanol–water partition coefficient (Wildman–Crippen LogP) is 1.59. The van der Waals surface area contributed by atoms with Gasteiger partial charge in [0, 0.05) is 51.4 Å². The Hall–Kier alpha value is -1.34. The highest BCUT2D eigenvalue weighted by Gasteiger charge is 2.10. The van der Waals surface area contributed by atoms with Gasteiger partial charge >= 0.3 is 0 Å². The van der Waals surface area contributed by atoms with Gasteiger partial charge in [0.1, 0.15) is 5.82 Å². The molecule has 4 nitrogen and oxygen atoms in total. The van der Waals surface area contributed by atoms with Crippen LogP contribution in [-0.2, 0) is 13.5 Å². The summed E-state index contributed by atoms with van der Waals surface area (Å²) in [5.41, 5.74) is 0. The summed E-state index contributed by atoms with van der Waals surface area (Å²) in [6.45, 7) is 6.13. The molecule has 0 aliphatic rings. The number of aromatic nitrogens is 2. The summed E-state index contributed by atoms with van der Waals surface area (Å²) >= 11 is 0. The van der Waals surface area contributed by atoms with Crippen LogP contribution in [0, 0.1) is 11.3 Å². The molecule has 0 saturated heterocycles. The summed E-state index contributed by atoms with van der Waals surface area (Å²) in [6, 6.07) is 2.68. The van der Waals surface area contributed by atoms with E-state index in [0.29, 0.717) is 12.5 Å². The lowest BCUT2D eigenvalue weighted by Gasteiger charge is -2.25. The van der Waals surface area contributed by atoms with Gasteiger partial charge in [-0.1, -0.05) is 0 Å². The molecular formula is C12H20N4. The fourth-order valence-corrected chi connectivity index (χ4v) is 1.70. The second-order valence-corrected chi connectivity index (χ2v) is 4.24. The maximum absolute atomic E-state index is 8.60. The van der Waals surface area contributed by atoms with Crippen LogP contribution in [0.25, 0.3) is 0 Å². The average molecular weight is 220 g/mol. The summed E-state index contributed by atoms with van der Waals surface area (Å²) in [5, 5.41) is 8.60. The Balaban J connectivity index is 2.44. The van der Waals surface area contributed by atoms with E-state index in [0.717, 1.165) is 25.3 Å². The zero-order valence-corrected chi connectivity index (χ0v) is 10.3. The van der Waals surface area contributed by atoms with E-state index in [1.165, 1.54) is 0 Å². The second kappa shape index (κ2) is 6.29. The van der Waals surface area contributed by atoms with Gasteiger partial charge in [-0.25, -0.2) is 4.98 Å². The van der Waals surface area contributed by atoms with Crippen LogP contribution in [0.1, 0.15) is 26.1 Å². The summed E-state index contributed by atoms with van der Waals surface area (Å²) in [4.78, 5) is 6.62. The maximum atomic E-state index is 8.60. The third kappa shape index (κ3) is 3.67. The molecule has 0 fully saturated rings. The summed E-state index contributed by atoms with van der Waals surface area (Å²) in [6.07, 6.45) is 5.32. The number of aryl methyl sites for hydroxylation is 1. The minimum Gasteiger partial charge on any atom is -0.338 e. The third-order valence-electron chi connectivity index (χ3n) is 2.78. The summed E-state index contributed by atoms with van der Waals surface area (Å²) in [7, 11) is 2.01. The van der Waals surface area contributed by atoms with Crippen LogP contribution < -0.4 is 0 Å². The third-order valence-corrected chi connectivity index (χ3v) is 2.78. The van der Waals surface area contributed by atoms with Gasteiger partial charge in [0.15, 0.2) is 0 Å². The van der Waals surface area contributed by atoms with Crippen LogP contribution >= 0.6 is 0 Å². The Bertz CT molecular complexity index is 348. The van der Waals surface area contributed by atoms with Gasteiger partial charge in [-0.3, -0.25) is 4.90 Å². The Morgan fingerprint density at radius 2 is 2.25 bits per heavy atom. The quantitative estimate of drug-likeness (QED) is 0.731. The topological polar surface area (TPSA) is 44.9 Å². The van der Waals surface area contributed by atoms with Crippen LogP contribution in [0.4, 0.5) is 0 Å². The normalized spacial score (nSPS) is 11.0. The fourth-order valence-electron chi connectivity index (χ4n) is 1.70. The van der Waals surface area contributed by atoms with Crippen molar-refractivity contribution in [3.8, 4) is 6.07 Å². The summed E-state index contributed by atoms with van der Waals surface area (Å²) < 4.78 is 2.04. The highest BCUT2D eigenvalue weighted by Crippen LogP contribution is 2.03. The number of hydrogen-bond donors (Lipinski definition) is 0. The molecule has 1 rings (SSSR count). The number of rotatable bonds is 6. The Kier molecular flexibility index (Phi) is 5.00. The van der Waals surface area contributed by atoms with Gasteiger partial charge in [-0.05, 0) is 13.8 Å². The van der Waals surface area contributed by atoms with Gasteiger partial charge in [-0.2, -0.15) is 5.26 Å². The van der Waals surface area contributed by atoms with Crippen LogP contribution in [0.3, 0.4) is 0 Å². The molecule has 0 unspecified atom stereocenters. The van der Waals surface area contributed by atoms with Crippen molar-refractivity contribution in [1.29, 1.82) is 5.26 Å². The number of nitrogens with zero attached hydrogens (tertiary/aromatic N) is 4. The minimum absolute atomic E-state index is 0.480. The van der Waals surface area contributed by atoms with E-state index in [-0.39, 0.29) is 0 Å². The first-order valence-electron chi connectivity index (χ1n) is 5.72. The van der Waals surface area contributed by atoms with E-state index in [1.54, 1.807) is 0 Å². The molecule has 0 aromatic carbocycles. The second-order valence-electron chi connectivity index (χ2n) is 4.24. The van der Waals surface area contributed by atoms with E-state index in [9.17, 15) is 0 Å². The van der Waals surface area contributed by atoms with E-state index < -0.39 is 0 Å². The largest absolute Gasteiger partial charge is 0.338 e. The molecular weight excluding hydrogens is 200 g/mol. The predicted molar refractivity (Wildman–Crippen MR) is 63.9 cm³/mol. The van der Waals surface area contributed by atoms with Crippen molar-refractivity contribution in [3.05, 3.63) is 18.2 Å². The molecule has 0 radical (unpaired) electrons. The number of imidazole rings is 1. The van der Waals surface area contributed by atoms with E-state index >= 15 is 0 Å². The van der Waals surface area contributed by atoms with Crippen LogP contribution in [0.5, 0.6) is 0 Å². The lowest BCUT2D eigenvalue weighted by atomic mass is 10.2. The highest BCUT2D eigenvalue weighted by atomic mass is 15.1. The minimum atomic E-state index is 0.480. The molecule has 0 aliphatic carbocycles. The molecule has 0 bridgehead atoms. The molecule has 0 N–H and O–H groups in total. The molecule has 0 spiro atoms. The molecule has 1 heterocycles. The van der Waals surface area contributed by atoms with E-state index in [2.05, 4.69) is 29.8 Å². The number of nitriles is 1. The Labute approximate surface area is 97.5 Å². The molecule has 1 aromatic heterocycles. The SMILES string of the molecule is CC(C)N(CCC#N)CCc1nccn1C. The first-order valence-corrected chi connectivity index (χ1v) is 5.72. The molecule has 88 valence electrons. The van der Waals surface area contributed by atoms with Crippen LogP contribution in [0.15, 0.2) is 12.4 Å². The van der Waals surface area contributed by atoms with Gasteiger partial charge < -0.3 is 4.57 Å². The maximum Gasteiger partial charge on any atom is 0.109 e.